The van der Waals surface area contributed by atoms with Gasteiger partial charge in [-0.1, -0.05) is 13.8 Å². The maximum Gasteiger partial charge on any atom is 0.0631 e. The molecule has 1 aromatic rings. The van der Waals surface area contributed by atoms with Gasteiger partial charge >= 0.3 is 0 Å². The quantitative estimate of drug-likeness (QED) is 0.891. The van der Waals surface area contributed by atoms with Gasteiger partial charge in [-0.25, -0.2) is 0 Å². The summed E-state index contributed by atoms with van der Waals surface area (Å²) in [5.41, 5.74) is 1.55. The Bertz CT molecular complexity index is 410. The molecule has 0 radical (unpaired) electrons. The summed E-state index contributed by atoms with van der Waals surface area (Å²) in [5.74, 6) is 0.467. The van der Waals surface area contributed by atoms with Crippen LogP contribution in [0.4, 0.5) is 0 Å². The first-order chi connectivity index (χ1) is 9.06. The highest BCUT2D eigenvalue weighted by Crippen LogP contribution is 2.42. The van der Waals surface area contributed by atoms with Gasteiger partial charge in [0, 0.05) is 19.1 Å². The second kappa shape index (κ2) is 5.19. The Morgan fingerprint density at radius 2 is 2.16 bits per heavy atom. The molecule has 0 saturated heterocycles. The van der Waals surface area contributed by atoms with Crippen LogP contribution in [0.25, 0.3) is 0 Å². The summed E-state index contributed by atoms with van der Waals surface area (Å²) < 4.78 is 0. The van der Waals surface area contributed by atoms with Crippen LogP contribution in [0.15, 0.2) is 16.8 Å². The smallest absolute Gasteiger partial charge is 0.0631 e. The molecule has 1 aromatic heterocycles. The lowest BCUT2D eigenvalue weighted by Crippen LogP contribution is -2.37. The summed E-state index contributed by atoms with van der Waals surface area (Å²) in [7, 11) is 0. The molecule has 106 valence electrons. The zero-order chi connectivity index (χ0) is 13.5. The molecule has 2 fully saturated rings. The minimum Gasteiger partial charge on any atom is -0.392 e. The Balaban J connectivity index is 1.62. The van der Waals surface area contributed by atoms with Gasteiger partial charge in [0.25, 0.3) is 0 Å². The van der Waals surface area contributed by atoms with Crippen LogP contribution in [-0.2, 0) is 6.54 Å². The highest BCUT2D eigenvalue weighted by atomic mass is 32.1. The fraction of sp³-hybridized carbons (Fsp3) is 0.750. The van der Waals surface area contributed by atoms with Crippen molar-refractivity contribution in [1.29, 1.82) is 0 Å². The molecule has 19 heavy (non-hydrogen) atoms. The Morgan fingerprint density at radius 1 is 1.37 bits per heavy atom. The molecule has 0 spiro atoms. The lowest BCUT2D eigenvalue weighted by atomic mass is 9.87. The topological polar surface area (TPSA) is 23.5 Å². The number of nitrogens with zero attached hydrogens (tertiary/aromatic N) is 1. The first-order valence-electron chi connectivity index (χ1n) is 7.49. The zero-order valence-corrected chi connectivity index (χ0v) is 12.8. The Kier molecular flexibility index (Phi) is 3.71. The fourth-order valence-corrected chi connectivity index (χ4v) is 4.05. The van der Waals surface area contributed by atoms with Crippen molar-refractivity contribution >= 4 is 11.3 Å². The van der Waals surface area contributed by atoms with Crippen LogP contribution in [0.3, 0.4) is 0 Å². The molecule has 3 rings (SSSR count). The van der Waals surface area contributed by atoms with Crippen molar-refractivity contribution in [2.75, 3.05) is 6.54 Å². The molecule has 2 saturated carbocycles. The lowest BCUT2D eigenvalue weighted by molar-refractivity contribution is 0.0304. The van der Waals surface area contributed by atoms with E-state index in [4.69, 9.17) is 0 Å². The second-order valence-electron chi connectivity index (χ2n) is 7.02. The van der Waals surface area contributed by atoms with E-state index in [1.54, 1.807) is 11.3 Å². The molecular weight excluding hydrogens is 254 g/mol. The van der Waals surface area contributed by atoms with Crippen LogP contribution >= 0.6 is 11.3 Å². The number of hydrogen-bond acceptors (Lipinski definition) is 3. The summed E-state index contributed by atoms with van der Waals surface area (Å²) in [6, 6.07) is 3.01. The summed E-state index contributed by atoms with van der Waals surface area (Å²) in [4.78, 5) is 2.61. The van der Waals surface area contributed by atoms with Gasteiger partial charge in [-0.05, 0) is 59.4 Å². The molecule has 2 atom stereocenters. The first kappa shape index (κ1) is 13.6. The first-order valence-corrected chi connectivity index (χ1v) is 8.44. The van der Waals surface area contributed by atoms with Gasteiger partial charge in [-0.15, -0.1) is 0 Å². The third-order valence-electron chi connectivity index (χ3n) is 4.90. The van der Waals surface area contributed by atoms with E-state index in [1.165, 1.54) is 24.8 Å². The average molecular weight is 279 g/mol. The minimum atomic E-state index is -0.128. The number of aliphatic hydroxyl groups excluding tert-OH is 1. The highest BCUT2D eigenvalue weighted by molar-refractivity contribution is 7.07. The molecule has 1 heterocycles. The van der Waals surface area contributed by atoms with E-state index in [9.17, 15) is 5.11 Å². The molecule has 0 bridgehead atoms. The molecule has 2 nitrogen and oxygen atoms in total. The molecule has 3 heteroatoms. The van der Waals surface area contributed by atoms with Crippen LogP contribution in [-0.4, -0.2) is 28.7 Å². The second-order valence-corrected chi connectivity index (χ2v) is 7.80. The summed E-state index contributed by atoms with van der Waals surface area (Å²) in [5, 5.41) is 14.9. The third-order valence-corrected chi connectivity index (χ3v) is 5.64. The summed E-state index contributed by atoms with van der Waals surface area (Å²) in [6.07, 6.45) is 4.90. The highest BCUT2D eigenvalue weighted by Gasteiger charge is 2.42. The van der Waals surface area contributed by atoms with E-state index in [1.807, 2.05) is 0 Å². The zero-order valence-electron chi connectivity index (χ0n) is 12.0. The summed E-state index contributed by atoms with van der Waals surface area (Å²) in [6.45, 7) is 6.55. The lowest BCUT2D eigenvalue weighted by Gasteiger charge is -2.30. The van der Waals surface area contributed by atoms with Gasteiger partial charge < -0.3 is 5.11 Å². The molecule has 2 aliphatic carbocycles. The number of hydrogen-bond donors (Lipinski definition) is 1. The van der Waals surface area contributed by atoms with Crippen molar-refractivity contribution < 1.29 is 5.11 Å². The monoisotopic (exact) mass is 279 g/mol. The minimum absolute atomic E-state index is 0.113. The Hall–Kier alpha value is -0.380. The predicted molar refractivity (Wildman–Crippen MR) is 80.3 cm³/mol. The molecule has 0 aliphatic heterocycles. The largest absolute Gasteiger partial charge is 0.392 e. The molecule has 1 N–H and O–H groups in total. The van der Waals surface area contributed by atoms with Crippen molar-refractivity contribution in [3.63, 3.8) is 0 Å². The number of aliphatic hydroxyl groups is 1. The van der Waals surface area contributed by atoms with Gasteiger partial charge in [-0.2, -0.15) is 11.3 Å². The molecule has 0 aromatic carbocycles. The molecule has 2 unspecified atom stereocenters. The van der Waals surface area contributed by atoms with E-state index < -0.39 is 0 Å². The fourth-order valence-electron chi connectivity index (χ4n) is 3.39. The van der Waals surface area contributed by atoms with Crippen LogP contribution in [0.2, 0.25) is 0 Å². The Morgan fingerprint density at radius 3 is 2.68 bits per heavy atom. The van der Waals surface area contributed by atoms with E-state index in [2.05, 4.69) is 35.6 Å². The van der Waals surface area contributed by atoms with E-state index >= 15 is 0 Å². The van der Waals surface area contributed by atoms with E-state index in [0.717, 1.165) is 25.6 Å². The normalized spacial score (nSPS) is 30.1. The summed E-state index contributed by atoms with van der Waals surface area (Å²) >= 11 is 1.78. The van der Waals surface area contributed by atoms with Gasteiger partial charge in [0.1, 0.15) is 0 Å². The van der Waals surface area contributed by atoms with Gasteiger partial charge in [0.15, 0.2) is 0 Å². The van der Waals surface area contributed by atoms with Crippen LogP contribution < -0.4 is 0 Å². The standard InChI is InChI=1S/C16H25NOS/c1-16(2)7-5-13(15(16)18)10-17(14-3-4-14)9-12-6-8-19-11-12/h6,8,11,13-15,18H,3-5,7,9-10H2,1-2H3. The van der Waals surface area contributed by atoms with Crippen molar-refractivity contribution in [2.24, 2.45) is 11.3 Å². The van der Waals surface area contributed by atoms with Crippen molar-refractivity contribution in [1.82, 2.24) is 4.90 Å². The SMILES string of the molecule is CC1(C)CCC(CN(Cc2ccsc2)C2CC2)C1O. The van der Waals surface area contributed by atoms with Crippen LogP contribution in [0, 0.1) is 11.3 Å². The van der Waals surface area contributed by atoms with Gasteiger partial charge in [0.05, 0.1) is 6.10 Å². The molecule has 2 aliphatic rings. The molecule has 0 amide bonds. The third kappa shape index (κ3) is 3.04. The van der Waals surface area contributed by atoms with Crippen molar-refractivity contribution in [2.45, 2.75) is 58.2 Å². The number of thiophene rings is 1. The van der Waals surface area contributed by atoms with Crippen LogP contribution in [0.5, 0.6) is 0 Å². The van der Waals surface area contributed by atoms with Gasteiger partial charge in [-0.3, -0.25) is 4.90 Å². The number of rotatable bonds is 5. The maximum atomic E-state index is 10.5. The van der Waals surface area contributed by atoms with Gasteiger partial charge in [0.2, 0.25) is 0 Å². The maximum absolute atomic E-state index is 10.5. The van der Waals surface area contributed by atoms with Crippen molar-refractivity contribution in [3.05, 3.63) is 22.4 Å². The van der Waals surface area contributed by atoms with E-state index in [-0.39, 0.29) is 11.5 Å². The average Bonchev–Trinajstić information content (AvgIpc) is 3.04. The molecular formula is C16H25NOS. The Labute approximate surface area is 120 Å². The van der Waals surface area contributed by atoms with Crippen LogP contribution in [0.1, 0.15) is 45.1 Å². The predicted octanol–water partition coefficient (Wildman–Crippen LogP) is 3.51. The van der Waals surface area contributed by atoms with E-state index in [0.29, 0.717) is 5.92 Å². The van der Waals surface area contributed by atoms with Crippen molar-refractivity contribution in [3.8, 4) is 0 Å².